The van der Waals surface area contributed by atoms with E-state index in [9.17, 15) is 4.79 Å². The Labute approximate surface area is 75.0 Å². The van der Waals surface area contributed by atoms with Crippen LogP contribution in [-0.2, 0) is 4.74 Å². The molecule has 66 valence electrons. The molecule has 0 saturated heterocycles. The maximum absolute atomic E-state index is 10.9. The molecule has 0 bridgehead atoms. The van der Waals surface area contributed by atoms with Crippen LogP contribution >= 0.6 is 0 Å². The molecule has 0 spiro atoms. The Balaban J connectivity index is 2.82. The molecule has 0 amide bonds. The van der Waals surface area contributed by atoms with Crippen molar-refractivity contribution < 1.29 is 13.9 Å². The summed E-state index contributed by atoms with van der Waals surface area (Å²) in [6.07, 6.45) is 2.73. The van der Waals surface area contributed by atoms with E-state index < -0.39 is 5.97 Å². The van der Waals surface area contributed by atoms with Gasteiger partial charge in [-0.15, -0.1) is 0 Å². The van der Waals surface area contributed by atoms with Crippen molar-refractivity contribution in [3.05, 3.63) is 29.7 Å². The summed E-state index contributed by atoms with van der Waals surface area (Å²) >= 11 is 0. The standard InChI is InChI=1S/C9H7NO3/c1-12-9(11)8-5-4-7(13-8)3-2-6-10/h2-5H,1H3/b3-2+. The van der Waals surface area contributed by atoms with Gasteiger partial charge < -0.3 is 9.15 Å². The summed E-state index contributed by atoms with van der Waals surface area (Å²) in [6, 6.07) is 4.88. The van der Waals surface area contributed by atoms with Crippen LogP contribution in [0.3, 0.4) is 0 Å². The quantitative estimate of drug-likeness (QED) is 0.508. The maximum atomic E-state index is 10.9. The minimum absolute atomic E-state index is 0.125. The number of rotatable bonds is 2. The minimum Gasteiger partial charge on any atom is -0.463 e. The summed E-state index contributed by atoms with van der Waals surface area (Å²) in [5.74, 6) is 0.0404. The smallest absolute Gasteiger partial charge is 0.373 e. The van der Waals surface area contributed by atoms with Crippen molar-refractivity contribution in [2.45, 2.75) is 0 Å². The maximum Gasteiger partial charge on any atom is 0.373 e. The summed E-state index contributed by atoms with van der Waals surface area (Å²) in [7, 11) is 1.27. The fourth-order valence-corrected chi connectivity index (χ4v) is 0.772. The van der Waals surface area contributed by atoms with Crippen LogP contribution in [-0.4, -0.2) is 13.1 Å². The third kappa shape index (κ3) is 2.20. The van der Waals surface area contributed by atoms with Crippen LogP contribution in [0.1, 0.15) is 16.3 Å². The van der Waals surface area contributed by atoms with Gasteiger partial charge in [0.25, 0.3) is 0 Å². The first kappa shape index (κ1) is 9.07. The van der Waals surface area contributed by atoms with Gasteiger partial charge in [0.05, 0.1) is 13.2 Å². The minimum atomic E-state index is -0.531. The Hall–Kier alpha value is -2.02. The van der Waals surface area contributed by atoms with E-state index in [0.29, 0.717) is 5.76 Å². The fraction of sp³-hybridized carbons (Fsp3) is 0.111. The number of allylic oxidation sites excluding steroid dienone is 1. The lowest BCUT2D eigenvalue weighted by Gasteiger charge is -1.91. The molecular weight excluding hydrogens is 170 g/mol. The number of carbonyl (C=O) groups excluding carboxylic acids is 1. The summed E-state index contributed by atoms with van der Waals surface area (Å²) in [5.41, 5.74) is 0. The Bertz CT molecular complexity index is 370. The van der Waals surface area contributed by atoms with Crippen molar-refractivity contribution in [1.29, 1.82) is 5.26 Å². The zero-order valence-corrected chi connectivity index (χ0v) is 6.98. The number of carbonyl (C=O) groups is 1. The number of methoxy groups -OCH3 is 1. The Kier molecular flexibility index (Phi) is 2.87. The van der Waals surface area contributed by atoms with Crippen molar-refractivity contribution in [3.63, 3.8) is 0 Å². The first-order chi connectivity index (χ1) is 6.27. The molecule has 1 rings (SSSR count). The van der Waals surface area contributed by atoms with Crippen LogP contribution in [0.4, 0.5) is 0 Å². The predicted molar refractivity (Wildman–Crippen MR) is 44.7 cm³/mol. The Morgan fingerprint density at radius 1 is 1.69 bits per heavy atom. The predicted octanol–water partition coefficient (Wildman–Crippen LogP) is 1.60. The van der Waals surface area contributed by atoms with E-state index in [1.165, 1.54) is 25.3 Å². The number of nitrogens with zero attached hydrogens (tertiary/aromatic N) is 1. The summed E-state index contributed by atoms with van der Waals surface area (Å²) in [6.45, 7) is 0. The van der Waals surface area contributed by atoms with Crippen molar-refractivity contribution in [2.75, 3.05) is 7.11 Å². The largest absolute Gasteiger partial charge is 0.463 e. The van der Waals surface area contributed by atoms with Crippen LogP contribution in [0.25, 0.3) is 6.08 Å². The monoisotopic (exact) mass is 177 g/mol. The first-order valence-electron chi connectivity index (χ1n) is 3.52. The van der Waals surface area contributed by atoms with E-state index in [4.69, 9.17) is 9.68 Å². The van der Waals surface area contributed by atoms with Gasteiger partial charge >= 0.3 is 5.97 Å². The highest BCUT2D eigenvalue weighted by Gasteiger charge is 2.08. The molecule has 0 aliphatic heterocycles. The lowest BCUT2D eigenvalue weighted by atomic mass is 10.4. The molecule has 0 aliphatic rings. The topological polar surface area (TPSA) is 63.2 Å². The van der Waals surface area contributed by atoms with Crippen LogP contribution in [0, 0.1) is 11.3 Å². The summed E-state index contributed by atoms with van der Waals surface area (Å²) in [5, 5.41) is 8.22. The van der Waals surface area contributed by atoms with E-state index in [1.807, 2.05) is 6.07 Å². The van der Waals surface area contributed by atoms with E-state index in [-0.39, 0.29) is 5.76 Å². The van der Waals surface area contributed by atoms with E-state index in [2.05, 4.69) is 4.74 Å². The van der Waals surface area contributed by atoms with E-state index >= 15 is 0 Å². The van der Waals surface area contributed by atoms with Gasteiger partial charge in [-0.05, 0) is 18.2 Å². The second-order valence-electron chi connectivity index (χ2n) is 2.16. The van der Waals surface area contributed by atoms with Crippen LogP contribution in [0.5, 0.6) is 0 Å². The zero-order chi connectivity index (χ0) is 9.68. The molecule has 1 aromatic rings. The van der Waals surface area contributed by atoms with Gasteiger partial charge in [-0.25, -0.2) is 4.79 Å². The second-order valence-corrected chi connectivity index (χ2v) is 2.16. The fourth-order valence-electron chi connectivity index (χ4n) is 0.772. The first-order valence-corrected chi connectivity index (χ1v) is 3.52. The summed E-state index contributed by atoms with van der Waals surface area (Å²) < 4.78 is 9.46. The van der Waals surface area contributed by atoms with Gasteiger partial charge in [0.1, 0.15) is 5.76 Å². The molecule has 1 aromatic heterocycles. The highest BCUT2D eigenvalue weighted by Crippen LogP contribution is 2.10. The average Bonchev–Trinajstić information content (AvgIpc) is 2.62. The molecule has 4 heteroatoms. The number of hydrogen-bond acceptors (Lipinski definition) is 4. The molecule has 1 heterocycles. The number of ether oxygens (including phenoxy) is 1. The molecule has 0 N–H and O–H groups in total. The molecule has 4 nitrogen and oxygen atoms in total. The Morgan fingerprint density at radius 2 is 2.46 bits per heavy atom. The van der Waals surface area contributed by atoms with Gasteiger partial charge in [0, 0.05) is 6.08 Å². The van der Waals surface area contributed by atoms with Gasteiger partial charge in [-0.1, -0.05) is 0 Å². The van der Waals surface area contributed by atoms with Gasteiger partial charge in [0.2, 0.25) is 5.76 Å². The van der Waals surface area contributed by atoms with E-state index in [1.54, 1.807) is 6.07 Å². The molecule has 0 atom stereocenters. The zero-order valence-electron chi connectivity index (χ0n) is 6.98. The number of furan rings is 1. The third-order valence-electron chi connectivity index (χ3n) is 1.34. The molecule has 0 fully saturated rings. The van der Waals surface area contributed by atoms with Gasteiger partial charge in [0.15, 0.2) is 0 Å². The van der Waals surface area contributed by atoms with Crippen molar-refractivity contribution >= 4 is 12.0 Å². The SMILES string of the molecule is COC(=O)c1ccc(/C=C/C#N)o1. The lowest BCUT2D eigenvalue weighted by molar-refractivity contribution is 0.0564. The van der Waals surface area contributed by atoms with Crippen molar-refractivity contribution in [1.82, 2.24) is 0 Å². The van der Waals surface area contributed by atoms with Gasteiger partial charge in [-0.3, -0.25) is 0 Å². The highest BCUT2D eigenvalue weighted by molar-refractivity contribution is 5.86. The lowest BCUT2D eigenvalue weighted by Crippen LogP contribution is -1.97. The van der Waals surface area contributed by atoms with Crippen LogP contribution < -0.4 is 0 Å². The highest BCUT2D eigenvalue weighted by atomic mass is 16.5. The van der Waals surface area contributed by atoms with Crippen molar-refractivity contribution in [2.24, 2.45) is 0 Å². The number of nitriles is 1. The molecule has 0 aliphatic carbocycles. The second kappa shape index (κ2) is 4.12. The van der Waals surface area contributed by atoms with Gasteiger partial charge in [-0.2, -0.15) is 5.26 Å². The molecule has 0 unspecified atom stereocenters. The van der Waals surface area contributed by atoms with Crippen LogP contribution in [0.15, 0.2) is 22.6 Å². The van der Waals surface area contributed by atoms with Crippen LogP contribution in [0.2, 0.25) is 0 Å². The molecule has 13 heavy (non-hydrogen) atoms. The number of esters is 1. The summed E-state index contributed by atoms with van der Waals surface area (Å²) in [4.78, 5) is 10.9. The van der Waals surface area contributed by atoms with Crippen molar-refractivity contribution in [3.8, 4) is 6.07 Å². The molecular formula is C9H7NO3. The third-order valence-corrected chi connectivity index (χ3v) is 1.34. The number of hydrogen-bond donors (Lipinski definition) is 0. The normalized spacial score (nSPS) is 9.85. The molecule has 0 radical (unpaired) electrons. The average molecular weight is 177 g/mol. The Morgan fingerprint density at radius 3 is 3.08 bits per heavy atom. The molecule has 0 saturated carbocycles. The molecule has 0 aromatic carbocycles. The van der Waals surface area contributed by atoms with E-state index in [0.717, 1.165) is 0 Å².